The van der Waals surface area contributed by atoms with E-state index in [1.165, 1.54) is 12.1 Å². The molecule has 0 fully saturated rings. The van der Waals surface area contributed by atoms with Crippen LogP contribution in [0.3, 0.4) is 0 Å². The third-order valence-corrected chi connectivity index (χ3v) is 2.83. The molecule has 0 saturated carbocycles. The Balaban J connectivity index is 2.24. The molecule has 2 nitrogen and oxygen atoms in total. The predicted octanol–water partition coefficient (Wildman–Crippen LogP) is 3.78. The summed E-state index contributed by atoms with van der Waals surface area (Å²) < 4.78 is 31.9. The van der Waals surface area contributed by atoms with Gasteiger partial charge >= 0.3 is 0 Å². The van der Waals surface area contributed by atoms with E-state index in [-0.39, 0.29) is 5.75 Å². The summed E-state index contributed by atoms with van der Waals surface area (Å²) in [5, 5.41) is 3.06. The van der Waals surface area contributed by atoms with E-state index in [2.05, 4.69) is 5.32 Å². The second-order valence-electron chi connectivity index (χ2n) is 4.27. The van der Waals surface area contributed by atoms with Gasteiger partial charge in [-0.25, -0.2) is 4.39 Å². The fourth-order valence-corrected chi connectivity index (χ4v) is 1.81. The van der Waals surface area contributed by atoms with Gasteiger partial charge in [-0.3, -0.25) is 0 Å². The molecular formula is C15H15F2NO. The third-order valence-electron chi connectivity index (χ3n) is 2.83. The van der Waals surface area contributed by atoms with E-state index in [4.69, 9.17) is 4.74 Å². The predicted molar refractivity (Wildman–Crippen MR) is 70.4 cm³/mol. The molecular weight excluding hydrogens is 248 g/mol. The van der Waals surface area contributed by atoms with Gasteiger partial charge in [0.15, 0.2) is 11.6 Å². The zero-order valence-electron chi connectivity index (χ0n) is 10.8. The molecule has 0 atom stereocenters. The Morgan fingerprint density at radius 3 is 2.63 bits per heavy atom. The first-order valence-corrected chi connectivity index (χ1v) is 5.98. The average Bonchev–Trinajstić information content (AvgIpc) is 2.38. The van der Waals surface area contributed by atoms with Gasteiger partial charge in [-0.15, -0.1) is 0 Å². The zero-order valence-corrected chi connectivity index (χ0v) is 10.8. The number of hydrogen-bond donors (Lipinski definition) is 1. The minimum atomic E-state index is -0.973. The van der Waals surface area contributed by atoms with Crippen LogP contribution in [0.5, 0.6) is 11.5 Å². The van der Waals surface area contributed by atoms with Crippen molar-refractivity contribution in [1.29, 1.82) is 0 Å². The largest absolute Gasteiger partial charge is 0.454 e. The standard InChI is InChI=1S/C15H15F2NO/c1-10-8-12(7-6-11(10)9-18-2)19-14-5-3-4-13(16)15(14)17/h3-8,18H,9H2,1-2H3. The first-order valence-electron chi connectivity index (χ1n) is 5.98. The molecule has 0 heterocycles. The lowest BCUT2D eigenvalue weighted by molar-refractivity contribution is 0.416. The van der Waals surface area contributed by atoms with Gasteiger partial charge in [0, 0.05) is 6.54 Å². The highest BCUT2D eigenvalue weighted by molar-refractivity contribution is 5.38. The van der Waals surface area contributed by atoms with Crippen molar-refractivity contribution in [3.05, 3.63) is 59.2 Å². The SMILES string of the molecule is CNCc1ccc(Oc2cccc(F)c2F)cc1C. The van der Waals surface area contributed by atoms with Gasteiger partial charge in [-0.2, -0.15) is 4.39 Å². The van der Waals surface area contributed by atoms with Gasteiger partial charge in [0.25, 0.3) is 0 Å². The molecule has 0 spiro atoms. The van der Waals surface area contributed by atoms with Crippen LogP contribution < -0.4 is 10.1 Å². The molecule has 0 saturated heterocycles. The van der Waals surface area contributed by atoms with E-state index in [1.54, 1.807) is 12.1 Å². The maximum Gasteiger partial charge on any atom is 0.201 e. The summed E-state index contributed by atoms with van der Waals surface area (Å²) in [7, 11) is 1.87. The number of nitrogens with one attached hydrogen (secondary N) is 1. The van der Waals surface area contributed by atoms with Crippen LogP contribution in [0.15, 0.2) is 36.4 Å². The van der Waals surface area contributed by atoms with Crippen molar-refractivity contribution in [2.45, 2.75) is 13.5 Å². The minimum Gasteiger partial charge on any atom is -0.454 e. The monoisotopic (exact) mass is 263 g/mol. The maximum absolute atomic E-state index is 13.5. The smallest absolute Gasteiger partial charge is 0.201 e. The minimum absolute atomic E-state index is 0.110. The highest BCUT2D eigenvalue weighted by Gasteiger charge is 2.10. The van der Waals surface area contributed by atoms with Crippen LogP contribution in [0.25, 0.3) is 0 Å². The van der Waals surface area contributed by atoms with E-state index < -0.39 is 11.6 Å². The van der Waals surface area contributed by atoms with E-state index >= 15 is 0 Å². The molecule has 4 heteroatoms. The fourth-order valence-electron chi connectivity index (χ4n) is 1.81. The molecule has 2 aromatic rings. The van der Waals surface area contributed by atoms with E-state index in [0.29, 0.717) is 5.75 Å². The summed E-state index contributed by atoms with van der Waals surface area (Å²) in [6, 6.07) is 9.31. The summed E-state index contributed by atoms with van der Waals surface area (Å²) >= 11 is 0. The number of ether oxygens (including phenoxy) is 1. The Labute approximate surface area is 111 Å². The summed E-state index contributed by atoms with van der Waals surface area (Å²) in [6.07, 6.45) is 0. The number of benzene rings is 2. The molecule has 0 unspecified atom stereocenters. The van der Waals surface area contributed by atoms with Gasteiger partial charge < -0.3 is 10.1 Å². The van der Waals surface area contributed by atoms with Crippen molar-refractivity contribution in [3.63, 3.8) is 0 Å². The van der Waals surface area contributed by atoms with Crippen LogP contribution in [-0.2, 0) is 6.54 Å². The average molecular weight is 263 g/mol. The van der Waals surface area contributed by atoms with Crippen LogP contribution in [0.2, 0.25) is 0 Å². The van der Waals surface area contributed by atoms with Crippen molar-refractivity contribution in [3.8, 4) is 11.5 Å². The molecule has 2 rings (SSSR count). The topological polar surface area (TPSA) is 21.3 Å². The summed E-state index contributed by atoms with van der Waals surface area (Å²) in [5.74, 6) is -1.51. The highest BCUT2D eigenvalue weighted by atomic mass is 19.2. The van der Waals surface area contributed by atoms with Crippen LogP contribution in [0, 0.1) is 18.6 Å². The molecule has 0 bridgehead atoms. The van der Waals surface area contributed by atoms with Crippen LogP contribution in [0.1, 0.15) is 11.1 Å². The van der Waals surface area contributed by atoms with Crippen LogP contribution >= 0.6 is 0 Å². The Bertz CT molecular complexity index is 584. The lowest BCUT2D eigenvalue weighted by Crippen LogP contribution is -2.06. The van der Waals surface area contributed by atoms with Crippen molar-refractivity contribution in [2.24, 2.45) is 0 Å². The first kappa shape index (κ1) is 13.5. The van der Waals surface area contributed by atoms with Gasteiger partial charge in [0.2, 0.25) is 5.82 Å². The summed E-state index contributed by atoms with van der Waals surface area (Å²) in [6.45, 7) is 2.70. The quantitative estimate of drug-likeness (QED) is 0.906. The number of halogens is 2. The fraction of sp³-hybridized carbons (Fsp3) is 0.200. The maximum atomic E-state index is 13.5. The molecule has 0 aliphatic carbocycles. The Hall–Kier alpha value is -1.94. The summed E-state index contributed by atoms with van der Waals surface area (Å²) in [5.41, 5.74) is 2.17. The number of aryl methyl sites for hydroxylation is 1. The number of hydrogen-bond acceptors (Lipinski definition) is 2. The van der Waals surface area contributed by atoms with Gasteiger partial charge in [-0.1, -0.05) is 12.1 Å². The third kappa shape index (κ3) is 3.09. The van der Waals surface area contributed by atoms with Crippen molar-refractivity contribution in [1.82, 2.24) is 5.32 Å². The molecule has 2 aromatic carbocycles. The molecule has 0 aliphatic rings. The lowest BCUT2D eigenvalue weighted by Gasteiger charge is -2.10. The highest BCUT2D eigenvalue weighted by Crippen LogP contribution is 2.27. The Kier molecular flexibility index (Phi) is 4.12. The van der Waals surface area contributed by atoms with Crippen molar-refractivity contribution in [2.75, 3.05) is 7.05 Å². The Morgan fingerprint density at radius 2 is 1.95 bits per heavy atom. The molecule has 0 aliphatic heterocycles. The van der Waals surface area contributed by atoms with E-state index in [1.807, 2.05) is 20.0 Å². The van der Waals surface area contributed by atoms with Crippen LogP contribution in [0.4, 0.5) is 8.78 Å². The second-order valence-corrected chi connectivity index (χ2v) is 4.27. The summed E-state index contributed by atoms with van der Waals surface area (Å²) in [4.78, 5) is 0. The molecule has 1 N–H and O–H groups in total. The molecule has 100 valence electrons. The molecule has 0 aromatic heterocycles. The Morgan fingerprint density at radius 1 is 1.16 bits per heavy atom. The van der Waals surface area contributed by atoms with Crippen molar-refractivity contribution >= 4 is 0 Å². The molecule has 0 amide bonds. The normalized spacial score (nSPS) is 10.5. The van der Waals surface area contributed by atoms with Gasteiger partial charge in [-0.05, 0) is 49.4 Å². The van der Waals surface area contributed by atoms with Crippen LogP contribution in [-0.4, -0.2) is 7.05 Å². The van der Waals surface area contributed by atoms with Gasteiger partial charge in [0.1, 0.15) is 5.75 Å². The first-order chi connectivity index (χ1) is 9.11. The van der Waals surface area contributed by atoms with E-state index in [9.17, 15) is 8.78 Å². The molecule has 19 heavy (non-hydrogen) atoms. The van der Waals surface area contributed by atoms with Gasteiger partial charge in [0.05, 0.1) is 0 Å². The van der Waals surface area contributed by atoms with E-state index in [0.717, 1.165) is 23.7 Å². The van der Waals surface area contributed by atoms with Crippen molar-refractivity contribution < 1.29 is 13.5 Å². The lowest BCUT2D eigenvalue weighted by atomic mass is 10.1. The number of rotatable bonds is 4. The second kappa shape index (κ2) is 5.80. The zero-order chi connectivity index (χ0) is 13.8. The molecule has 0 radical (unpaired) electrons.